The molecule has 0 unspecified atom stereocenters. The molecular formula is C31H59N5O16. The lowest BCUT2D eigenvalue weighted by Crippen LogP contribution is -2.69. The van der Waals surface area contributed by atoms with E-state index >= 15 is 0 Å². The summed E-state index contributed by atoms with van der Waals surface area (Å²) in [5.41, 5.74) is 30.9. The zero-order valence-electron chi connectivity index (χ0n) is 30.1. The number of ether oxygens (including phenoxy) is 10. The Kier molecular flexibility index (Phi) is 13.9. The van der Waals surface area contributed by atoms with Crippen LogP contribution in [0.15, 0.2) is 0 Å². The maximum absolute atomic E-state index is 11.5. The highest BCUT2D eigenvalue weighted by Gasteiger charge is 2.55. The Morgan fingerprint density at radius 3 is 0.904 bits per heavy atom. The molecule has 5 rings (SSSR count). The van der Waals surface area contributed by atoms with E-state index in [1.807, 2.05) is 0 Å². The van der Waals surface area contributed by atoms with Gasteiger partial charge in [0.1, 0.15) is 61.0 Å². The van der Waals surface area contributed by atoms with Gasteiger partial charge in [-0.25, -0.2) is 0 Å². The lowest BCUT2D eigenvalue weighted by atomic mass is 9.94. The quantitative estimate of drug-likeness (QED) is 0.104. The van der Waals surface area contributed by atoms with Crippen LogP contribution in [0.4, 0.5) is 0 Å². The van der Waals surface area contributed by atoms with Crippen LogP contribution < -0.4 is 28.7 Å². The summed E-state index contributed by atoms with van der Waals surface area (Å²) in [6, 6.07) is -4.74. The first-order chi connectivity index (χ1) is 24.4. The summed E-state index contributed by atoms with van der Waals surface area (Å²) in [7, 11) is 1.33. The van der Waals surface area contributed by atoms with Crippen LogP contribution in [0.25, 0.3) is 0 Å². The van der Waals surface area contributed by atoms with E-state index in [0.29, 0.717) is 0 Å². The Morgan fingerprint density at radius 1 is 0.365 bits per heavy atom. The molecular weight excluding hydrogens is 698 g/mol. The van der Waals surface area contributed by atoms with Gasteiger partial charge >= 0.3 is 0 Å². The summed E-state index contributed by atoms with van der Waals surface area (Å²) in [4.78, 5) is 0. The van der Waals surface area contributed by atoms with Crippen LogP contribution in [-0.2, 0) is 47.4 Å². The minimum Gasteiger partial charge on any atom is -0.388 e. The smallest absolute Gasteiger partial charge is 0.187 e. The Labute approximate surface area is 301 Å². The van der Waals surface area contributed by atoms with Crippen LogP contribution in [0.3, 0.4) is 0 Å². The van der Waals surface area contributed by atoms with E-state index in [9.17, 15) is 30.6 Å². The number of rotatable bonds is 9. The number of hydrogen-bond donors (Lipinski definition) is 11. The average Bonchev–Trinajstić information content (AvgIpc) is 3.09. The molecule has 0 aromatic carbocycles. The van der Waals surface area contributed by atoms with Gasteiger partial charge < -0.3 is 107 Å². The third-order valence-electron chi connectivity index (χ3n) is 10.9. The lowest BCUT2D eigenvalue weighted by molar-refractivity contribution is -0.393. The van der Waals surface area contributed by atoms with Gasteiger partial charge in [-0.15, -0.1) is 0 Å². The first-order valence-electron chi connectivity index (χ1n) is 17.7. The van der Waals surface area contributed by atoms with Gasteiger partial charge in [-0.05, 0) is 34.6 Å². The molecule has 0 spiro atoms. The zero-order valence-corrected chi connectivity index (χ0v) is 30.1. The molecule has 21 heteroatoms. The van der Waals surface area contributed by atoms with Crippen molar-refractivity contribution < 1.29 is 78.0 Å². The van der Waals surface area contributed by atoms with Crippen molar-refractivity contribution in [2.75, 3.05) is 7.11 Å². The molecule has 0 aromatic heterocycles. The second-order valence-electron chi connectivity index (χ2n) is 14.5. The maximum atomic E-state index is 11.5. The van der Waals surface area contributed by atoms with Gasteiger partial charge in [0.15, 0.2) is 31.5 Å². The van der Waals surface area contributed by atoms with Crippen molar-refractivity contribution in [2.24, 2.45) is 28.7 Å². The highest BCUT2D eigenvalue weighted by atomic mass is 16.8. The zero-order chi connectivity index (χ0) is 38.5. The van der Waals surface area contributed by atoms with Crippen molar-refractivity contribution in [1.29, 1.82) is 0 Å². The van der Waals surface area contributed by atoms with Gasteiger partial charge in [0.2, 0.25) is 0 Å². The largest absolute Gasteiger partial charge is 0.388 e. The first-order valence-corrected chi connectivity index (χ1v) is 17.7. The fraction of sp³-hybridized carbons (Fsp3) is 1.00. The fourth-order valence-electron chi connectivity index (χ4n) is 7.09. The van der Waals surface area contributed by atoms with Crippen molar-refractivity contribution in [1.82, 2.24) is 0 Å². The summed E-state index contributed by atoms with van der Waals surface area (Å²) < 4.78 is 59.5. The van der Waals surface area contributed by atoms with Crippen molar-refractivity contribution in [3.05, 3.63) is 0 Å². The molecule has 5 aliphatic rings. The molecule has 0 saturated carbocycles. The summed E-state index contributed by atoms with van der Waals surface area (Å²) in [5.74, 6) is 0. The monoisotopic (exact) mass is 757 g/mol. The van der Waals surface area contributed by atoms with Crippen molar-refractivity contribution in [3.8, 4) is 0 Å². The van der Waals surface area contributed by atoms with E-state index in [1.165, 1.54) is 7.11 Å². The minimum atomic E-state index is -1.62. The van der Waals surface area contributed by atoms with E-state index in [2.05, 4.69) is 0 Å². The first kappa shape index (κ1) is 42.3. The highest BCUT2D eigenvalue weighted by molar-refractivity contribution is 5.00. The molecule has 5 saturated heterocycles. The molecule has 0 aromatic rings. The Morgan fingerprint density at radius 2 is 0.596 bits per heavy atom. The van der Waals surface area contributed by atoms with Crippen LogP contribution in [-0.4, -0.2) is 191 Å². The fourth-order valence-corrected chi connectivity index (χ4v) is 7.09. The molecule has 21 nitrogen and oxygen atoms in total. The molecule has 0 radical (unpaired) electrons. The molecule has 0 aliphatic carbocycles. The van der Waals surface area contributed by atoms with Gasteiger partial charge in [0, 0.05) is 7.11 Å². The molecule has 304 valence electrons. The number of hydrogen-bond acceptors (Lipinski definition) is 21. The molecule has 16 N–H and O–H groups in total. The summed E-state index contributed by atoms with van der Waals surface area (Å²) in [5, 5.41) is 66.4. The summed E-state index contributed by atoms with van der Waals surface area (Å²) in [6.45, 7) is 7.98. The second-order valence-corrected chi connectivity index (χ2v) is 14.5. The van der Waals surface area contributed by atoms with Crippen molar-refractivity contribution >= 4 is 0 Å². The molecule has 5 heterocycles. The van der Waals surface area contributed by atoms with E-state index in [1.54, 1.807) is 34.6 Å². The Balaban J connectivity index is 1.41. The van der Waals surface area contributed by atoms with Gasteiger partial charge in [0.25, 0.3) is 0 Å². The lowest BCUT2D eigenvalue weighted by Gasteiger charge is -2.50. The van der Waals surface area contributed by atoms with Gasteiger partial charge in [-0.1, -0.05) is 0 Å². The molecule has 52 heavy (non-hydrogen) atoms. The van der Waals surface area contributed by atoms with Gasteiger partial charge in [-0.3, -0.25) is 0 Å². The van der Waals surface area contributed by atoms with Crippen LogP contribution >= 0.6 is 0 Å². The second kappa shape index (κ2) is 17.1. The maximum Gasteiger partial charge on any atom is 0.187 e. The van der Waals surface area contributed by atoms with Gasteiger partial charge in [0.05, 0.1) is 60.7 Å². The molecule has 25 atom stereocenters. The van der Waals surface area contributed by atoms with Crippen LogP contribution in [0.5, 0.6) is 0 Å². The van der Waals surface area contributed by atoms with Crippen LogP contribution in [0.2, 0.25) is 0 Å². The molecule has 0 bridgehead atoms. The van der Waals surface area contributed by atoms with E-state index < -0.39 is 153 Å². The number of nitrogens with two attached hydrogens (primary N) is 5. The van der Waals surface area contributed by atoms with Crippen molar-refractivity contribution in [2.45, 2.75) is 188 Å². The van der Waals surface area contributed by atoms with Crippen LogP contribution in [0.1, 0.15) is 34.6 Å². The standard InChI is InChI=1S/C31H59N5O16/c1-7-12(32)17(37)22(27(42)44-7)49-29-24(19(39)14(34)9(3)46-29)51-31-26(21(41)16(36)11(5)48-31)52-30-25(20(40)15(35)10(4)47-30)50-28-23(43-6)18(38)13(33)8(2)45-28/h7-31,37-42H,32-36H2,1-6H3/t7-,8-,9-,10-,11-,12-,13-,14-,15-,16-,17+,18+,19+,20+,21+,22+,23+,24+,25+,26+,27+,28-,29-,30-,31-/m1/s1. The minimum absolute atomic E-state index is 0.680. The third-order valence-corrected chi connectivity index (χ3v) is 10.9. The molecule has 5 aliphatic heterocycles. The number of aliphatic hydroxyl groups excluding tert-OH is 6. The number of methoxy groups -OCH3 is 1. The normalized spacial score (nSPS) is 56.4. The topological polar surface area (TPSA) is 344 Å². The molecule has 0 amide bonds. The Bertz CT molecular complexity index is 1160. The Hall–Kier alpha value is -0.840. The van der Waals surface area contributed by atoms with E-state index in [0.717, 1.165) is 0 Å². The predicted molar refractivity (Wildman–Crippen MR) is 174 cm³/mol. The third kappa shape index (κ3) is 8.31. The summed E-state index contributed by atoms with van der Waals surface area (Å²) >= 11 is 0. The summed E-state index contributed by atoms with van der Waals surface area (Å²) in [6.07, 6.45) is -25.1. The number of aliphatic hydroxyl groups is 6. The van der Waals surface area contributed by atoms with E-state index in [4.69, 9.17) is 76.0 Å². The van der Waals surface area contributed by atoms with Gasteiger partial charge in [-0.2, -0.15) is 0 Å². The average molecular weight is 758 g/mol. The molecule has 5 fully saturated rings. The van der Waals surface area contributed by atoms with Crippen LogP contribution in [0, 0.1) is 0 Å². The SMILES string of the molecule is CO[C@@H]1[C@@H](O[C@@H]2[C@@H](O[C@@H]3[C@@H](O[C@@H]4[C@@H](O[C@H]5[C@@H](O)[C@H](N)[C@@H](C)O[C@@H]5O)O[C@H](C)[C@@H](N)[C@@H]4O)O[C@H](C)[C@@H](N)[C@@H]3O)O[C@H](C)[C@@H](N)[C@@H]2O)O[C@H](C)[C@@H](N)[C@@H]1O. The predicted octanol–water partition coefficient (Wildman–Crippen LogP) is -6.30. The van der Waals surface area contributed by atoms with E-state index in [-0.39, 0.29) is 0 Å². The highest BCUT2D eigenvalue weighted by Crippen LogP contribution is 2.35. The van der Waals surface area contributed by atoms with Crippen molar-refractivity contribution in [3.63, 3.8) is 0 Å².